The number of hydrogen-bond acceptors (Lipinski definition) is 5. The van der Waals surface area contributed by atoms with Gasteiger partial charge < -0.3 is 24.1 Å². The Morgan fingerprint density at radius 2 is 0.952 bits per heavy atom. The van der Waals surface area contributed by atoms with Crippen LogP contribution in [-0.4, -0.2) is 64.6 Å². The summed E-state index contributed by atoms with van der Waals surface area (Å²) in [4.78, 5) is 0. The van der Waals surface area contributed by atoms with Crippen LogP contribution in [0.5, 0.6) is 0 Å². The molecule has 0 aliphatic heterocycles. The van der Waals surface area contributed by atoms with E-state index >= 15 is 0 Å². The number of ether oxygens (including phenoxy) is 4. The molecular formula is C16H34O5. The predicted molar refractivity (Wildman–Crippen MR) is 83.7 cm³/mol. The molecule has 0 aromatic rings. The first-order valence-electron chi connectivity index (χ1n) is 8.16. The highest BCUT2D eigenvalue weighted by Crippen LogP contribution is 2.21. The lowest BCUT2D eigenvalue weighted by Crippen LogP contribution is -2.42. The molecule has 0 saturated heterocycles. The summed E-state index contributed by atoms with van der Waals surface area (Å²) in [6, 6.07) is 0. The van der Waals surface area contributed by atoms with Crippen LogP contribution in [0.25, 0.3) is 0 Å². The topological polar surface area (TPSA) is 57.2 Å². The van der Waals surface area contributed by atoms with Crippen LogP contribution in [0, 0.1) is 5.41 Å². The van der Waals surface area contributed by atoms with Gasteiger partial charge in [0.25, 0.3) is 0 Å². The van der Waals surface area contributed by atoms with Crippen molar-refractivity contribution in [3.05, 3.63) is 0 Å². The van der Waals surface area contributed by atoms with Gasteiger partial charge in [0, 0.05) is 19.8 Å². The van der Waals surface area contributed by atoms with Crippen LogP contribution in [0.2, 0.25) is 0 Å². The molecule has 0 saturated carbocycles. The van der Waals surface area contributed by atoms with Gasteiger partial charge in [-0.25, -0.2) is 0 Å². The second kappa shape index (κ2) is 14.7. The number of aliphatic hydroxyl groups is 1. The quantitative estimate of drug-likeness (QED) is 0.443. The smallest absolute Gasteiger partial charge is 0.0698 e. The van der Waals surface area contributed by atoms with Gasteiger partial charge in [-0.15, -0.1) is 0 Å². The van der Waals surface area contributed by atoms with Crippen molar-refractivity contribution < 1.29 is 24.1 Å². The molecule has 0 aliphatic carbocycles. The molecule has 0 radical (unpaired) electrons. The lowest BCUT2D eigenvalue weighted by molar-refractivity contribution is -0.109. The van der Waals surface area contributed by atoms with E-state index in [1.807, 2.05) is 0 Å². The molecule has 0 aromatic heterocycles. The van der Waals surface area contributed by atoms with Gasteiger partial charge in [0.15, 0.2) is 0 Å². The Kier molecular flexibility index (Phi) is 14.6. The lowest BCUT2D eigenvalue weighted by atomic mass is 9.92. The second-order valence-electron chi connectivity index (χ2n) is 5.43. The van der Waals surface area contributed by atoms with Crippen LogP contribution in [0.1, 0.15) is 40.0 Å². The molecule has 5 nitrogen and oxygen atoms in total. The van der Waals surface area contributed by atoms with Gasteiger partial charge in [-0.1, -0.05) is 20.8 Å². The maximum Gasteiger partial charge on any atom is 0.0698 e. The van der Waals surface area contributed by atoms with Crippen LogP contribution in [0.3, 0.4) is 0 Å². The summed E-state index contributed by atoms with van der Waals surface area (Å²) in [6.45, 7) is 10.9. The molecule has 0 unspecified atom stereocenters. The Labute approximate surface area is 129 Å². The minimum absolute atomic E-state index is 0.0253. The van der Waals surface area contributed by atoms with E-state index in [0.29, 0.717) is 33.0 Å². The average molecular weight is 306 g/mol. The minimum Gasteiger partial charge on any atom is -0.394 e. The SMILES string of the molecule is CCCOCC(COCCC)(COCCC)COCCO. The van der Waals surface area contributed by atoms with Crippen LogP contribution < -0.4 is 0 Å². The van der Waals surface area contributed by atoms with Crippen molar-refractivity contribution in [2.45, 2.75) is 40.0 Å². The maximum absolute atomic E-state index is 8.89. The third kappa shape index (κ3) is 11.1. The Hall–Kier alpha value is -0.200. The van der Waals surface area contributed by atoms with Crippen molar-refractivity contribution in [2.24, 2.45) is 5.41 Å². The highest BCUT2D eigenvalue weighted by molar-refractivity contribution is 4.79. The lowest BCUT2D eigenvalue weighted by Gasteiger charge is -2.33. The molecule has 21 heavy (non-hydrogen) atoms. The molecule has 128 valence electrons. The van der Waals surface area contributed by atoms with E-state index in [-0.39, 0.29) is 12.0 Å². The molecule has 0 spiro atoms. The van der Waals surface area contributed by atoms with E-state index in [1.54, 1.807) is 0 Å². The Bertz CT molecular complexity index is 165. The molecule has 0 aromatic carbocycles. The molecule has 0 rings (SSSR count). The van der Waals surface area contributed by atoms with Gasteiger partial charge in [-0.2, -0.15) is 0 Å². The zero-order valence-electron chi connectivity index (χ0n) is 14.1. The van der Waals surface area contributed by atoms with Gasteiger partial charge in [0.05, 0.1) is 45.1 Å². The van der Waals surface area contributed by atoms with Crippen molar-refractivity contribution in [3.63, 3.8) is 0 Å². The molecule has 5 heteroatoms. The van der Waals surface area contributed by atoms with Crippen molar-refractivity contribution in [3.8, 4) is 0 Å². The van der Waals surface area contributed by atoms with Crippen LogP contribution >= 0.6 is 0 Å². The predicted octanol–water partition coefficient (Wildman–Crippen LogP) is 2.26. The van der Waals surface area contributed by atoms with Crippen molar-refractivity contribution in [2.75, 3.05) is 59.5 Å². The third-order valence-electron chi connectivity index (χ3n) is 2.91. The molecule has 0 atom stereocenters. The Morgan fingerprint density at radius 3 is 1.24 bits per heavy atom. The van der Waals surface area contributed by atoms with E-state index < -0.39 is 0 Å². The largest absolute Gasteiger partial charge is 0.394 e. The Balaban J connectivity index is 4.52. The van der Waals surface area contributed by atoms with E-state index in [4.69, 9.17) is 24.1 Å². The van der Waals surface area contributed by atoms with E-state index in [9.17, 15) is 0 Å². The molecule has 1 N–H and O–H groups in total. The van der Waals surface area contributed by atoms with Gasteiger partial charge >= 0.3 is 0 Å². The fraction of sp³-hybridized carbons (Fsp3) is 1.00. The standard InChI is InChI=1S/C16H34O5/c1-4-8-18-12-16(13-19-9-5-2,14-20-10-6-3)15-21-11-7-17/h17H,4-15H2,1-3H3. The fourth-order valence-corrected chi connectivity index (χ4v) is 1.90. The molecule has 0 heterocycles. The maximum atomic E-state index is 8.89. The molecule has 0 bridgehead atoms. The van der Waals surface area contributed by atoms with Crippen LogP contribution in [-0.2, 0) is 18.9 Å². The van der Waals surface area contributed by atoms with Gasteiger partial charge in [-0.05, 0) is 19.3 Å². The highest BCUT2D eigenvalue weighted by atomic mass is 16.5. The molecule has 0 amide bonds. The molecule has 0 aliphatic rings. The fourth-order valence-electron chi connectivity index (χ4n) is 1.90. The molecule has 0 fully saturated rings. The molecular weight excluding hydrogens is 272 g/mol. The van der Waals surface area contributed by atoms with E-state index in [0.717, 1.165) is 39.1 Å². The van der Waals surface area contributed by atoms with Crippen molar-refractivity contribution in [1.29, 1.82) is 0 Å². The first-order valence-corrected chi connectivity index (χ1v) is 8.16. The van der Waals surface area contributed by atoms with Gasteiger partial charge in [0.1, 0.15) is 0 Å². The summed E-state index contributed by atoms with van der Waals surface area (Å²) < 4.78 is 22.8. The normalized spacial score (nSPS) is 12.0. The van der Waals surface area contributed by atoms with Gasteiger partial charge in [0.2, 0.25) is 0 Å². The first-order chi connectivity index (χ1) is 10.2. The summed E-state index contributed by atoms with van der Waals surface area (Å²) in [6.07, 6.45) is 2.96. The van der Waals surface area contributed by atoms with Gasteiger partial charge in [-0.3, -0.25) is 0 Å². The summed E-state index contributed by atoms with van der Waals surface area (Å²) in [5, 5.41) is 8.89. The summed E-state index contributed by atoms with van der Waals surface area (Å²) in [5.74, 6) is 0. The summed E-state index contributed by atoms with van der Waals surface area (Å²) >= 11 is 0. The van der Waals surface area contributed by atoms with E-state index in [1.165, 1.54) is 0 Å². The second-order valence-corrected chi connectivity index (χ2v) is 5.43. The minimum atomic E-state index is -0.297. The van der Waals surface area contributed by atoms with Crippen LogP contribution in [0.15, 0.2) is 0 Å². The highest BCUT2D eigenvalue weighted by Gasteiger charge is 2.32. The first kappa shape index (κ1) is 20.8. The monoisotopic (exact) mass is 306 g/mol. The zero-order valence-corrected chi connectivity index (χ0v) is 14.1. The zero-order chi connectivity index (χ0) is 15.8. The number of aliphatic hydroxyl groups excluding tert-OH is 1. The third-order valence-corrected chi connectivity index (χ3v) is 2.91. The number of hydrogen-bond donors (Lipinski definition) is 1. The Morgan fingerprint density at radius 1 is 0.619 bits per heavy atom. The summed E-state index contributed by atoms with van der Waals surface area (Å²) in [7, 11) is 0. The van der Waals surface area contributed by atoms with E-state index in [2.05, 4.69) is 20.8 Å². The number of rotatable bonds is 16. The van der Waals surface area contributed by atoms with Crippen LogP contribution in [0.4, 0.5) is 0 Å². The summed E-state index contributed by atoms with van der Waals surface area (Å²) in [5.41, 5.74) is -0.297. The average Bonchev–Trinajstić information content (AvgIpc) is 2.48. The van der Waals surface area contributed by atoms with Crippen molar-refractivity contribution in [1.82, 2.24) is 0 Å². The van der Waals surface area contributed by atoms with Crippen molar-refractivity contribution >= 4 is 0 Å².